The van der Waals surface area contributed by atoms with Gasteiger partial charge >= 0.3 is 0 Å². The molecule has 1 fully saturated rings. The molecule has 1 saturated heterocycles. The molecule has 0 saturated carbocycles. The molecule has 3 heterocycles. The van der Waals surface area contributed by atoms with E-state index in [2.05, 4.69) is 49.1 Å². The first-order valence-electron chi connectivity index (χ1n) is 17.6. The van der Waals surface area contributed by atoms with Gasteiger partial charge in [0.1, 0.15) is 18.1 Å². The number of sulfonamides is 1. The van der Waals surface area contributed by atoms with Crippen LogP contribution in [-0.4, -0.2) is 63.5 Å². The lowest BCUT2D eigenvalue weighted by Gasteiger charge is -2.36. The second-order valence-electron chi connectivity index (χ2n) is 13.1. The van der Waals surface area contributed by atoms with E-state index < -0.39 is 15.9 Å². The van der Waals surface area contributed by atoms with Crippen molar-refractivity contribution < 1.29 is 22.7 Å². The lowest BCUT2D eigenvalue weighted by atomic mass is 9.99. The highest BCUT2D eigenvalue weighted by molar-refractivity contribution is 7.90. The molecule has 2 aliphatic rings. The molecular weight excluding hydrogens is 722 g/mol. The van der Waals surface area contributed by atoms with Crippen LogP contribution in [0.3, 0.4) is 0 Å². The fraction of sp³-hybridized carbons (Fsp3) is 0.190. The third kappa shape index (κ3) is 8.94. The highest BCUT2D eigenvalue weighted by atomic mass is 35.5. The Balaban J connectivity index is 1.04. The number of ether oxygens (including phenoxy) is 2. The summed E-state index contributed by atoms with van der Waals surface area (Å²) in [5.41, 5.74) is 7.09. The van der Waals surface area contributed by atoms with Crippen LogP contribution in [0.15, 0.2) is 138 Å². The van der Waals surface area contributed by atoms with Crippen molar-refractivity contribution in [3.8, 4) is 22.6 Å². The monoisotopic (exact) mass is 761 g/mol. The summed E-state index contributed by atoms with van der Waals surface area (Å²) < 4.78 is 40.6. The van der Waals surface area contributed by atoms with E-state index >= 15 is 0 Å². The van der Waals surface area contributed by atoms with Crippen LogP contribution in [0.1, 0.15) is 21.5 Å². The van der Waals surface area contributed by atoms with E-state index in [1.54, 1.807) is 55.1 Å². The van der Waals surface area contributed by atoms with Gasteiger partial charge in [-0.15, -0.1) is 0 Å². The molecule has 5 aromatic rings. The van der Waals surface area contributed by atoms with Crippen LogP contribution in [0.25, 0.3) is 11.1 Å². The van der Waals surface area contributed by atoms with Gasteiger partial charge < -0.3 is 19.7 Å². The van der Waals surface area contributed by atoms with Crippen LogP contribution in [0.4, 0.5) is 11.4 Å². The molecule has 0 spiro atoms. The number of nitrogens with one attached hydrogen (secondary N) is 2. The predicted octanol–water partition coefficient (Wildman–Crippen LogP) is 7.83. The van der Waals surface area contributed by atoms with E-state index in [1.807, 2.05) is 49.4 Å². The maximum atomic E-state index is 13.7. The Morgan fingerprint density at radius 3 is 2.44 bits per heavy atom. The molecule has 1 amide bonds. The normalized spacial score (nSPS) is 14.6. The molecule has 0 unspecified atom stereocenters. The maximum absolute atomic E-state index is 13.7. The van der Waals surface area contributed by atoms with Gasteiger partial charge in [0.05, 0.1) is 16.7 Å². The molecule has 276 valence electrons. The summed E-state index contributed by atoms with van der Waals surface area (Å²) >= 11 is 6.14. The van der Waals surface area contributed by atoms with Gasteiger partial charge in [0.25, 0.3) is 15.9 Å². The summed E-state index contributed by atoms with van der Waals surface area (Å²) in [6, 6.07) is 29.7. The molecule has 2 N–H and O–H groups in total. The van der Waals surface area contributed by atoms with Crippen molar-refractivity contribution in [3.05, 3.63) is 155 Å². The third-order valence-electron chi connectivity index (χ3n) is 9.43. The van der Waals surface area contributed by atoms with Crippen LogP contribution in [0, 0.1) is 6.92 Å². The van der Waals surface area contributed by atoms with Gasteiger partial charge in [-0.1, -0.05) is 48.0 Å². The lowest BCUT2D eigenvalue weighted by molar-refractivity contribution is 0.0979. The first-order valence-corrected chi connectivity index (χ1v) is 19.5. The van der Waals surface area contributed by atoms with E-state index in [0.29, 0.717) is 23.9 Å². The van der Waals surface area contributed by atoms with Crippen molar-refractivity contribution in [1.29, 1.82) is 0 Å². The lowest BCUT2D eigenvalue weighted by Crippen LogP contribution is -2.46. The zero-order valence-corrected chi connectivity index (χ0v) is 31.3. The highest BCUT2D eigenvalue weighted by Crippen LogP contribution is 2.32. The predicted molar refractivity (Wildman–Crippen MR) is 213 cm³/mol. The van der Waals surface area contributed by atoms with Crippen molar-refractivity contribution in [1.82, 2.24) is 14.6 Å². The average Bonchev–Trinajstić information content (AvgIpc) is 3.19. The number of hydrogen-bond donors (Lipinski definition) is 2. The first-order chi connectivity index (χ1) is 26.2. The number of carbonyl (C=O) groups excluding carboxylic acids is 1. The largest absolute Gasteiger partial charge is 0.497 e. The standard InChI is InChI=1S/C42H40ClN5O5S/c1-30-26-37(11-13-40(30)45-28-31-16-24-52-25-17-31)54(50,51)46-42(49)39-12-10-35(27-41(39)53-36-14-18-44-19-15-36)48-22-20-47(21-23-48)29-33-4-2-3-5-38(33)32-6-8-34(43)9-7-32/h2-19,24,26-27,45H,20-23,25,28-29H2,1H3,(H,46,49). The number of anilines is 2. The maximum Gasteiger partial charge on any atom is 0.268 e. The summed E-state index contributed by atoms with van der Waals surface area (Å²) in [5.74, 6) is -0.0975. The minimum atomic E-state index is -4.21. The number of hydrogen-bond acceptors (Lipinski definition) is 9. The Kier molecular flexibility index (Phi) is 11.3. The number of pyridine rings is 1. The van der Waals surface area contributed by atoms with E-state index in [9.17, 15) is 13.2 Å². The number of nitrogens with zero attached hydrogens (tertiary/aromatic N) is 3. The van der Waals surface area contributed by atoms with Crippen molar-refractivity contribution in [2.24, 2.45) is 0 Å². The van der Waals surface area contributed by atoms with E-state index in [1.165, 1.54) is 17.2 Å². The topological polar surface area (TPSA) is 113 Å². The number of piperazine rings is 1. The Morgan fingerprint density at radius 1 is 0.926 bits per heavy atom. The number of benzene rings is 4. The van der Waals surface area contributed by atoms with Crippen LogP contribution < -0.4 is 19.7 Å². The molecule has 0 radical (unpaired) electrons. The molecule has 2 aliphatic heterocycles. The van der Waals surface area contributed by atoms with Crippen LogP contribution in [-0.2, 0) is 21.3 Å². The Hall–Kier alpha value is -5.62. The molecule has 0 atom stereocenters. The SMILES string of the molecule is Cc1cc(S(=O)(=O)NC(=O)c2ccc(N3CCN(Cc4ccccc4-c4ccc(Cl)cc4)CC3)cc2Oc2ccncc2)ccc1NCC1=CCOC=C1. The number of aryl methyl sites for hydroxylation is 1. The summed E-state index contributed by atoms with van der Waals surface area (Å²) in [6.45, 7) is 6.87. The molecule has 12 heteroatoms. The Bertz CT molecular complexity index is 2290. The quantitative estimate of drug-likeness (QED) is 0.131. The molecule has 0 aliphatic carbocycles. The zero-order chi connectivity index (χ0) is 37.5. The highest BCUT2D eigenvalue weighted by Gasteiger charge is 2.25. The Morgan fingerprint density at radius 2 is 1.70 bits per heavy atom. The van der Waals surface area contributed by atoms with Crippen LogP contribution in [0.2, 0.25) is 5.02 Å². The zero-order valence-electron chi connectivity index (χ0n) is 29.7. The summed E-state index contributed by atoms with van der Waals surface area (Å²) in [7, 11) is -4.21. The molecule has 1 aromatic heterocycles. The molecule has 10 nitrogen and oxygen atoms in total. The number of halogens is 1. The number of rotatable bonds is 12. The smallest absolute Gasteiger partial charge is 0.268 e. The Labute approximate surface area is 320 Å². The van der Waals surface area contributed by atoms with Gasteiger partial charge in [-0.3, -0.25) is 14.7 Å². The minimum absolute atomic E-state index is 0.0223. The fourth-order valence-corrected chi connectivity index (χ4v) is 7.64. The van der Waals surface area contributed by atoms with Gasteiger partial charge in [-0.2, -0.15) is 0 Å². The van der Waals surface area contributed by atoms with Gasteiger partial charge in [0.2, 0.25) is 0 Å². The second kappa shape index (κ2) is 16.6. The van der Waals surface area contributed by atoms with Crippen molar-refractivity contribution in [3.63, 3.8) is 0 Å². The fourth-order valence-electron chi connectivity index (χ4n) is 6.47. The number of amides is 1. The molecule has 0 bridgehead atoms. The van der Waals surface area contributed by atoms with Crippen molar-refractivity contribution in [2.45, 2.75) is 18.4 Å². The number of carbonyl (C=O) groups is 1. The molecular formula is C42H40ClN5O5S. The van der Waals surface area contributed by atoms with Crippen LogP contribution in [0.5, 0.6) is 11.5 Å². The molecule has 54 heavy (non-hydrogen) atoms. The van der Waals surface area contributed by atoms with Gasteiger partial charge in [-0.25, -0.2) is 13.1 Å². The van der Waals surface area contributed by atoms with Gasteiger partial charge in [0.15, 0.2) is 0 Å². The first kappa shape index (κ1) is 36.7. The van der Waals surface area contributed by atoms with E-state index in [0.717, 1.165) is 60.8 Å². The van der Waals surface area contributed by atoms with E-state index in [-0.39, 0.29) is 16.2 Å². The minimum Gasteiger partial charge on any atom is -0.497 e. The third-order valence-corrected chi connectivity index (χ3v) is 11.0. The second-order valence-corrected chi connectivity index (χ2v) is 15.2. The number of aromatic nitrogens is 1. The van der Waals surface area contributed by atoms with Crippen LogP contribution >= 0.6 is 11.6 Å². The van der Waals surface area contributed by atoms with Crippen molar-refractivity contribution >= 4 is 38.9 Å². The molecule has 4 aromatic carbocycles. The van der Waals surface area contributed by atoms with Gasteiger partial charge in [0, 0.05) is 74.1 Å². The van der Waals surface area contributed by atoms with E-state index in [4.69, 9.17) is 21.1 Å². The summed E-state index contributed by atoms with van der Waals surface area (Å²) in [6.07, 6.45) is 8.68. The summed E-state index contributed by atoms with van der Waals surface area (Å²) in [4.78, 5) is 22.4. The molecule has 7 rings (SSSR count). The summed E-state index contributed by atoms with van der Waals surface area (Å²) in [5, 5.41) is 4.04. The van der Waals surface area contributed by atoms with Crippen molar-refractivity contribution in [2.75, 3.05) is 49.5 Å². The van der Waals surface area contributed by atoms with Gasteiger partial charge in [-0.05, 0) is 101 Å². The average molecular weight is 762 g/mol.